The van der Waals surface area contributed by atoms with Crippen molar-refractivity contribution in [2.45, 2.75) is 33.2 Å². The van der Waals surface area contributed by atoms with Gasteiger partial charge in [0.25, 0.3) is 5.91 Å². The number of anilines is 1. The van der Waals surface area contributed by atoms with E-state index in [-0.39, 0.29) is 60.0 Å². The molecule has 0 aliphatic carbocycles. The molecular formula is C28H26F2N6O7. The van der Waals surface area contributed by atoms with Crippen LogP contribution in [0.1, 0.15) is 47.2 Å². The van der Waals surface area contributed by atoms with Gasteiger partial charge in [-0.1, -0.05) is 11.2 Å². The second-order valence-corrected chi connectivity index (χ2v) is 11.0. The fourth-order valence-corrected chi connectivity index (χ4v) is 5.06. The molecule has 1 amide bonds. The number of aromatic nitrogens is 3. The highest BCUT2D eigenvalue weighted by Gasteiger charge is 2.34. The molecule has 1 aliphatic rings. The molecule has 5 rings (SSSR count). The third-order valence-corrected chi connectivity index (χ3v) is 7.23. The van der Waals surface area contributed by atoms with Gasteiger partial charge in [0.2, 0.25) is 11.2 Å². The van der Waals surface area contributed by atoms with Gasteiger partial charge < -0.3 is 24.0 Å². The maximum absolute atomic E-state index is 14.5. The minimum Gasteiger partial charge on any atom is -0.477 e. The number of carbonyl (C=O) groups is 2. The third kappa shape index (κ3) is 5.06. The van der Waals surface area contributed by atoms with Gasteiger partial charge in [0.15, 0.2) is 0 Å². The number of fused-ring (bicyclic) bond motifs is 1. The number of carbonyl (C=O) groups excluding carboxylic acids is 1. The van der Waals surface area contributed by atoms with Crippen molar-refractivity contribution in [3.63, 3.8) is 0 Å². The van der Waals surface area contributed by atoms with Crippen LogP contribution in [0.3, 0.4) is 0 Å². The second kappa shape index (κ2) is 10.6. The number of carboxylic acids is 1. The predicted molar refractivity (Wildman–Crippen MR) is 149 cm³/mol. The summed E-state index contributed by atoms with van der Waals surface area (Å²) in [6.45, 7) is 7.05. The molecule has 224 valence electrons. The van der Waals surface area contributed by atoms with Crippen LogP contribution in [0.4, 0.5) is 20.3 Å². The molecule has 13 nitrogen and oxygen atoms in total. The molecule has 3 aromatic heterocycles. The Morgan fingerprint density at radius 2 is 1.74 bits per heavy atom. The first kappa shape index (κ1) is 29.3. The number of halogens is 2. The smallest absolute Gasteiger partial charge is 0.341 e. The number of hydrogen-bond acceptors (Lipinski definition) is 9. The summed E-state index contributed by atoms with van der Waals surface area (Å²) in [6.07, 6.45) is 1.17. The Hall–Kier alpha value is -5.21. The fraction of sp³-hybridized carbons (Fsp3) is 0.321. The Kier molecular flexibility index (Phi) is 7.20. The first-order valence-corrected chi connectivity index (χ1v) is 13.1. The van der Waals surface area contributed by atoms with Crippen molar-refractivity contribution < 1.29 is 32.9 Å². The summed E-state index contributed by atoms with van der Waals surface area (Å²) < 4.78 is 35.6. The average molecular weight is 597 g/mol. The highest BCUT2D eigenvalue weighted by molar-refractivity contribution is 6.01. The van der Waals surface area contributed by atoms with Gasteiger partial charge in [-0.3, -0.25) is 19.7 Å². The number of hydrogen-bond donors (Lipinski definition) is 1. The van der Waals surface area contributed by atoms with Crippen LogP contribution in [0.15, 0.2) is 39.8 Å². The van der Waals surface area contributed by atoms with E-state index >= 15 is 0 Å². The van der Waals surface area contributed by atoms with Gasteiger partial charge in [0.1, 0.15) is 39.9 Å². The first-order chi connectivity index (χ1) is 20.2. The minimum atomic E-state index is -1.47. The first-order valence-electron chi connectivity index (χ1n) is 13.1. The van der Waals surface area contributed by atoms with Crippen LogP contribution in [0, 0.1) is 28.7 Å². The lowest BCUT2D eigenvalue weighted by atomic mass is 10.0. The van der Waals surface area contributed by atoms with Gasteiger partial charge in [0.05, 0.1) is 15.9 Å². The van der Waals surface area contributed by atoms with Crippen LogP contribution < -0.4 is 10.3 Å². The largest absolute Gasteiger partial charge is 0.477 e. The second-order valence-electron chi connectivity index (χ2n) is 11.0. The lowest BCUT2D eigenvalue weighted by Crippen LogP contribution is -2.49. The van der Waals surface area contributed by atoms with Crippen LogP contribution in [-0.4, -0.2) is 67.7 Å². The van der Waals surface area contributed by atoms with Crippen LogP contribution in [0.25, 0.3) is 22.3 Å². The van der Waals surface area contributed by atoms with Crippen molar-refractivity contribution >= 4 is 34.4 Å². The monoisotopic (exact) mass is 596 g/mol. The molecule has 1 N–H and O–H groups in total. The van der Waals surface area contributed by atoms with Crippen molar-refractivity contribution in [1.29, 1.82) is 0 Å². The van der Waals surface area contributed by atoms with E-state index in [4.69, 9.17) is 4.52 Å². The SMILES string of the molecule is Cc1onc(-c2c(F)cccc2F)c1C(=O)N1CCN(c2nc3c(cc2[N+](=O)[O-])c(=O)c(C(=O)O)cn3C(C)(C)C)CC1. The zero-order chi connectivity index (χ0) is 31.4. The molecule has 0 atom stereocenters. The molecule has 0 radical (unpaired) electrons. The highest BCUT2D eigenvalue weighted by atomic mass is 19.1. The number of aromatic carboxylic acids is 1. The number of aryl methyl sites for hydroxylation is 1. The molecule has 1 aliphatic heterocycles. The fourth-order valence-electron chi connectivity index (χ4n) is 5.06. The number of amides is 1. The van der Waals surface area contributed by atoms with Gasteiger partial charge in [-0.25, -0.2) is 18.6 Å². The quantitative estimate of drug-likeness (QED) is 0.263. The Balaban J connectivity index is 1.50. The molecule has 0 unspecified atom stereocenters. The minimum absolute atomic E-state index is 0.0552. The third-order valence-electron chi connectivity index (χ3n) is 7.23. The van der Waals surface area contributed by atoms with Crippen LogP contribution in [-0.2, 0) is 5.54 Å². The van der Waals surface area contributed by atoms with E-state index in [1.54, 1.807) is 25.7 Å². The van der Waals surface area contributed by atoms with Crippen LogP contribution in [0.2, 0.25) is 0 Å². The van der Waals surface area contributed by atoms with E-state index in [1.807, 2.05) is 0 Å². The predicted octanol–water partition coefficient (Wildman–Crippen LogP) is 3.96. The van der Waals surface area contributed by atoms with E-state index in [2.05, 4.69) is 10.1 Å². The van der Waals surface area contributed by atoms with Gasteiger partial charge in [-0.2, -0.15) is 0 Å². The molecule has 0 bridgehead atoms. The molecule has 0 saturated carbocycles. The van der Waals surface area contributed by atoms with Crippen molar-refractivity contribution in [3.8, 4) is 11.3 Å². The lowest BCUT2D eigenvalue weighted by Gasteiger charge is -2.35. The highest BCUT2D eigenvalue weighted by Crippen LogP contribution is 2.34. The van der Waals surface area contributed by atoms with E-state index in [0.29, 0.717) is 0 Å². The zero-order valence-corrected chi connectivity index (χ0v) is 23.6. The summed E-state index contributed by atoms with van der Waals surface area (Å²) in [5, 5.41) is 25.2. The lowest BCUT2D eigenvalue weighted by molar-refractivity contribution is -0.384. The summed E-state index contributed by atoms with van der Waals surface area (Å²) in [6, 6.07) is 4.30. The Bertz CT molecular complexity index is 1850. The molecule has 1 saturated heterocycles. The van der Waals surface area contributed by atoms with Gasteiger partial charge in [-0.05, 0) is 39.8 Å². The van der Waals surface area contributed by atoms with Crippen molar-refractivity contribution in [2.75, 3.05) is 31.1 Å². The van der Waals surface area contributed by atoms with E-state index in [1.165, 1.54) is 28.7 Å². The van der Waals surface area contributed by atoms with Gasteiger partial charge >= 0.3 is 11.7 Å². The summed E-state index contributed by atoms with van der Waals surface area (Å²) in [7, 11) is 0. The number of nitrogens with zero attached hydrogens (tertiary/aromatic N) is 6. The zero-order valence-electron chi connectivity index (χ0n) is 23.6. The number of rotatable bonds is 5. The van der Waals surface area contributed by atoms with Crippen molar-refractivity contribution in [1.82, 2.24) is 19.6 Å². The molecule has 0 spiro atoms. The molecule has 1 aromatic carbocycles. The normalized spacial score (nSPS) is 13.9. The number of pyridine rings is 2. The van der Waals surface area contributed by atoms with Gasteiger partial charge in [-0.15, -0.1) is 0 Å². The average Bonchev–Trinajstić information content (AvgIpc) is 3.31. The Labute approximate surface area is 242 Å². The van der Waals surface area contributed by atoms with Crippen LogP contribution in [0.5, 0.6) is 0 Å². The summed E-state index contributed by atoms with van der Waals surface area (Å²) in [4.78, 5) is 57.1. The molecule has 15 heteroatoms. The van der Waals surface area contributed by atoms with Crippen molar-refractivity contribution in [2.24, 2.45) is 0 Å². The van der Waals surface area contributed by atoms with Gasteiger partial charge in [0, 0.05) is 44.0 Å². The molecule has 1 fully saturated rings. The molecular weight excluding hydrogens is 570 g/mol. The van der Waals surface area contributed by atoms with Crippen molar-refractivity contribution in [3.05, 3.63) is 79.3 Å². The maximum atomic E-state index is 14.5. The number of piperazine rings is 1. The standard InChI is InChI=1S/C28H26F2N6O7/c1-14-20(22(32-43-14)21-17(29)6-5-7-18(21)30)26(38)34-10-8-33(9-11-34)25-19(36(41)42)12-15-23(37)16(27(39)40)13-35(24(15)31-25)28(2,3)4/h5-7,12-13H,8-11H2,1-4H3,(H,39,40). The number of carboxylic acid groups (broad SMARTS) is 1. The van der Waals surface area contributed by atoms with E-state index in [0.717, 1.165) is 18.2 Å². The summed E-state index contributed by atoms with van der Waals surface area (Å²) >= 11 is 0. The Morgan fingerprint density at radius 3 is 2.30 bits per heavy atom. The van der Waals surface area contributed by atoms with E-state index < -0.39 is 56.2 Å². The number of benzene rings is 1. The topological polar surface area (TPSA) is 165 Å². The molecule has 43 heavy (non-hydrogen) atoms. The molecule has 4 aromatic rings. The Morgan fingerprint density at radius 1 is 1.12 bits per heavy atom. The summed E-state index contributed by atoms with van der Waals surface area (Å²) in [5.74, 6) is -3.86. The van der Waals surface area contributed by atoms with Crippen LogP contribution >= 0.6 is 0 Å². The number of nitro groups is 1. The molecule has 4 heterocycles. The van der Waals surface area contributed by atoms with E-state index in [9.17, 15) is 38.4 Å². The maximum Gasteiger partial charge on any atom is 0.341 e. The summed E-state index contributed by atoms with van der Waals surface area (Å²) in [5.41, 5.74) is -3.48.